The maximum absolute atomic E-state index is 13.7. The molecule has 0 aliphatic carbocycles. The van der Waals surface area contributed by atoms with Gasteiger partial charge in [-0.3, -0.25) is 0 Å². The number of oxime groups is 1. The normalized spacial score (nSPS) is 12.2. The summed E-state index contributed by atoms with van der Waals surface area (Å²) >= 11 is 1.28. The summed E-state index contributed by atoms with van der Waals surface area (Å²) in [6.45, 7) is 0. The van der Waals surface area contributed by atoms with Crippen LogP contribution in [0.25, 0.3) is 16.9 Å². The fourth-order valence-electron chi connectivity index (χ4n) is 2.79. The van der Waals surface area contributed by atoms with Crippen LogP contribution in [0, 0.1) is 0 Å². The Morgan fingerprint density at radius 2 is 1.94 bits per heavy atom. The average molecular weight is 461 g/mol. The second kappa shape index (κ2) is 8.30. The first kappa shape index (κ1) is 21.3. The van der Waals surface area contributed by atoms with Gasteiger partial charge in [0.2, 0.25) is 0 Å². The van der Waals surface area contributed by atoms with Crippen molar-refractivity contribution in [2.75, 3.05) is 7.11 Å². The summed E-state index contributed by atoms with van der Waals surface area (Å²) < 4.78 is 46.7. The third-order valence-corrected chi connectivity index (χ3v) is 5.21. The van der Waals surface area contributed by atoms with Crippen molar-refractivity contribution in [1.82, 2.24) is 14.6 Å². The van der Waals surface area contributed by atoms with Crippen molar-refractivity contribution in [2.45, 2.75) is 6.18 Å². The highest BCUT2D eigenvalue weighted by Crippen LogP contribution is 2.32. The van der Waals surface area contributed by atoms with Gasteiger partial charge in [-0.05, 0) is 41.8 Å². The molecule has 3 heterocycles. The van der Waals surface area contributed by atoms with Gasteiger partial charge in [0.25, 0.3) is 0 Å². The summed E-state index contributed by atoms with van der Waals surface area (Å²) in [5.74, 6) is -0.579. The Morgan fingerprint density at radius 3 is 2.56 bits per heavy atom. The zero-order chi connectivity index (χ0) is 22.9. The van der Waals surface area contributed by atoms with E-state index in [4.69, 9.17) is 15.3 Å². The van der Waals surface area contributed by atoms with Gasteiger partial charge in [-0.1, -0.05) is 11.2 Å². The fraction of sp³-hybridized carbons (Fsp3) is 0.100. The lowest BCUT2D eigenvalue weighted by atomic mass is 10.1. The van der Waals surface area contributed by atoms with Gasteiger partial charge in [0.05, 0.1) is 17.7 Å². The first-order valence-electron chi connectivity index (χ1n) is 8.97. The van der Waals surface area contributed by atoms with E-state index in [1.54, 1.807) is 41.8 Å². The summed E-state index contributed by atoms with van der Waals surface area (Å²) in [5, 5.41) is 8.99. The predicted octanol–water partition coefficient (Wildman–Crippen LogP) is 3.96. The molecule has 4 rings (SSSR count). The molecule has 8 nitrogen and oxygen atoms in total. The van der Waals surface area contributed by atoms with Crippen LogP contribution in [-0.2, 0) is 11.0 Å². The van der Waals surface area contributed by atoms with Gasteiger partial charge < -0.3 is 15.3 Å². The van der Waals surface area contributed by atoms with Gasteiger partial charge in [0.1, 0.15) is 5.75 Å². The number of fused-ring (bicyclic) bond motifs is 1. The minimum Gasteiger partial charge on any atom is -0.497 e. The predicted molar refractivity (Wildman–Crippen MR) is 110 cm³/mol. The largest absolute Gasteiger partial charge is 0.497 e. The number of carbonyl (C=O) groups excluding carboxylic acids is 1. The number of carbonyl (C=O) groups is 1. The molecule has 12 heteroatoms. The Balaban J connectivity index is 1.71. The summed E-state index contributed by atoms with van der Waals surface area (Å²) in [6, 6.07) is 11.7. The summed E-state index contributed by atoms with van der Waals surface area (Å²) in [5.41, 5.74) is 4.50. The van der Waals surface area contributed by atoms with E-state index in [0.29, 0.717) is 20.7 Å². The molecule has 0 unspecified atom stereocenters. The number of ether oxygens (including phenoxy) is 1. The zero-order valence-electron chi connectivity index (χ0n) is 16.3. The molecule has 164 valence electrons. The van der Waals surface area contributed by atoms with Crippen LogP contribution < -0.4 is 10.5 Å². The van der Waals surface area contributed by atoms with E-state index in [9.17, 15) is 18.0 Å². The fourth-order valence-corrected chi connectivity index (χ4v) is 3.41. The minimum absolute atomic E-state index is 0.0481. The second-order valence-corrected chi connectivity index (χ2v) is 7.33. The molecule has 32 heavy (non-hydrogen) atoms. The molecule has 0 saturated carbocycles. The van der Waals surface area contributed by atoms with Crippen LogP contribution in [0.2, 0.25) is 0 Å². The van der Waals surface area contributed by atoms with Gasteiger partial charge in [-0.2, -0.15) is 18.3 Å². The Morgan fingerprint density at radius 1 is 1.19 bits per heavy atom. The first-order valence-corrected chi connectivity index (χ1v) is 9.85. The third-order valence-electron chi connectivity index (χ3n) is 4.31. The van der Waals surface area contributed by atoms with Crippen LogP contribution in [0.15, 0.2) is 59.1 Å². The highest BCUT2D eigenvalue weighted by molar-refractivity contribution is 7.12. The maximum atomic E-state index is 13.7. The molecule has 0 aliphatic rings. The van der Waals surface area contributed by atoms with Crippen molar-refractivity contribution in [1.29, 1.82) is 0 Å². The van der Waals surface area contributed by atoms with E-state index >= 15 is 0 Å². The van der Waals surface area contributed by atoms with Gasteiger partial charge in [0, 0.05) is 11.6 Å². The number of nitrogens with two attached hydrogens (primary N) is 1. The Kier molecular flexibility index (Phi) is 5.53. The quantitative estimate of drug-likeness (QED) is 0.209. The number of aromatic nitrogens is 3. The van der Waals surface area contributed by atoms with Crippen molar-refractivity contribution >= 4 is 28.8 Å². The molecule has 0 saturated heterocycles. The maximum Gasteiger partial charge on any atom is 0.433 e. The van der Waals surface area contributed by atoms with E-state index in [-0.39, 0.29) is 17.2 Å². The van der Waals surface area contributed by atoms with Crippen LogP contribution >= 0.6 is 11.3 Å². The molecule has 1 aromatic carbocycles. The number of amidine groups is 1. The number of thiophene rings is 1. The molecular formula is C20H14F3N5O3S. The molecule has 0 fully saturated rings. The number of hydrogen-bond donors (Lipinski definition) is 1. The Labute approximate surface area is 182 Å². The Bertz CT molecular complexity index is 1300. The van der Waals surface area contributed by atoms with Crippen molar-refractivity contribution < 1.29 is 27.5 Å². The van der Waals surface area contributed by atoms with Gasteiger partial charge in [-0.25, -0.2) is 14.3 Å². The molecular weight excluding hydrogens is 447 g/mol. The highest BCUT2D eigenvalue weighted by Gasteiger charge is 2.35. The van der Waals surface area contributed by atoms with E-state index < -0.39 is 23.5 Å². The Hall–Kier alpha value is -3.93. The molecule has 0 bridgehead atoms. The molecule has 0 spiro atoms. The molecule has 4 aromatic rings. The average Bonchev–Trinajstić information content (AvgIpc) is 3.46. The summed E-state index contributed by atoms with van der Waals surface area (Å²) in [6.07, 6.45) is -4.75. The van der Waals surface area contributed by atoms with Crippen LogP contribution in [0.1, 0.15) is 21.1 Å². The topological polar surface area (TPSA) is 104 Å². The van der Waals surface area contributed by atoms with Gasteiger partial charge in [-0.15, -0.1) is 11.3 Å². The first-order chi connectivity index (χ1) is 15.3. The lowest BCUT2D eigenvalue weighted by molar-refractivity contribution is -0.142. The minimum atomic E-state index is -4.75. The molecule has 2 N–H and O–H groups in total. The molecule has 0 atom stereocenters. The summed E-state index contributed by atoms with van der Waals surface area (Å²) in [7, 11) is 1.48. The molecule has 0 radical (unpaired) electrons. The lowest BCUT2D eigenvalue weighted by Gasteiger charge is -2.11. The highest BCUT2D eigenvalue weighted by atomic mass is 32.1. The molecule has 0 amide bonds. The second-order valence-electron chi connectivity index (χ2n) is 6.39. The van der Waals surface area contributed by atoms with E-state index in [2.05, 4.69) is 15.2 Å². The van der Waals surface area contributed by atoms with Crippen LogP contribution in [0.5, 0.6) is 5.75 Å². The van der Waals surface area contributed by atoms with Crippen LogP contribution in [0.4, 0.5) is 13.2 Å². The molecule has 3 aromatic heterocycles. The van der Waals surface area contributed by atoms with Crippen LogP contribution in [0.3, 0.4) is 0 Å². The third kappa shape index (κ3) is 4.25. The lowest BCUT2D eigenvalue weighted by Crippen LogP contribution is -2.15. The monoisotopic (exact) mass is 461 g/mol. The number of nitrogens with zero attached hydrogens (tertiary/aromatic N) is 4. The number of methoxy groups -OCH3 is 1. The number of hydrogen-bond acceptors (Lipinski definition) is 7. The summed E-state index contributed by atoms with van der Waals surface area (Å²) in [4.78, 5) is 21.8. The van der Waals surface area contributed by atoms with E-state index in [1.165, 1.54) is 18.4 Å². The smallest absolute Gasteiger partial charge is 0.433 e. The number of halogens is 3. The number of benzene rings is 1. The zero-order valence-corrected chi connectivity index (χ0v) is 17.1. The van der Waals surface area contributed by atoms with Crippen molar-refractivity contribution in [3.8, 4) is 17.0 Å². The standard InChI is InChI=1S/C20H14F3N5O3S/c1-30-12-6-4-11(5-7-12)13-9-16(20(21,22)23)28-17(25-13)10-14(26-28)19(29)31-27-18(24)15-3-2-8-32-15/h2-10H,1H3,(H2,24,27). The number of alkyl halides is 3. The van der Waals surface area contributed by atoms with Gasteiger partial charge in [0.15, 0.2) is 22.9 Å². The van der Waals surface area contributed by atoms with Crippen molar-refractivity contribution in [3.63, 3.8) is 0 Å². The van der Waals surface area contributed by atoms with Crippen molar-refractivity contribution in [2.24, 2.45) is 10.9 Å². The SMILES string of the molecule is COc1ccc(-c2cc(C(F)(F)F)n3nc(C(=O)O/N=C(\N)c4cccs4)cc3n2)cc1. The molecule has 0 aliphatic heterocycles. The van der Waals surface area contributed by atoms with Crippen LogP contribution in [-0.4, -0.2) is 33.5 Å². The van der Waals surface area contributed by atoms with E-state index in [0.717, 1.165) is 12.1 Å². The van der Waals surface area contributed by atoms with Gasteiger partial charge >= 0.3 is 12.1 Å². The number of rotatable bonds is 5. The van der Waals surface area contributed by atoms with E-state index in [1.807, 2.05) is 0 Å². The van der Waals surface area contributed by atoms with Crippen molar-refractivity contribution in [3.05, 3.63) is 70.2 Å².